The Bertz CT molecular complexity index is 2030. The van der Waals surface area contributed by atoms with Crippen LogP contribution in [-0.4, -0.2) is 0 Å². The normalized spacial score (nSPS) is 11.0. The summed E-state index contributed by atoms with van der Waals surface area (Å²) in [6, 6.07) is 50.7. The van der Waals surface area contributed by atoms with Crippen molar-refractivity contribution in [3.05, 3.63) is 219 Å². The summed E-state index contributed by atoms with van der Waals surface area (Å²) in [5.41, 5.74) is 18.1. The van der Waals surface area contributed by atoms with Gasteiger partial charge in [-0.2, -0.15) is 0 Å². The van der Waals surface area contributed by atoms with E-state index in [1.807, 2.05) is 0 Å². The molecule has 6 aromatic rings. The fourth-order valence-corrected chi connectivity index (χ4v) is 6.06. The second-order valence-electron chi connectivity index (χ2n) is 13.2. The molecule has 6 aromatic carbocycles. The maximum atomic E-state index is 2.33. The van der Waals surface area contributed by atoms with Gasteiger partial charge in [-0.3, -0.25) is 0 Å². The van der Waals surface area contributed by atoms with Crippen molar-refractivity contribution in [1.82, 2.24) is 0 Å². The predicted octanol–water partition coefficient (Wildman–Crippen LogP) is 12.9. The molecule has 1 heteroatoms. The van der Waals surface area contributed by atoms with Crippen molar-refractivity contribution in [2.75, 3.05) is 4.90 Å². The first-order valence-corrected chi connectivity index (χ1v) is 17.1. The predicted molar refractivity (Wildman–Crippen MR) is 212 cm³/mol. The Hall–Kier alpha value is -5.66. The zero-order valence-electron chi connectivity index (χ0n) is 29.5. The zero-order chi connectivity index (χ0) is 34.3. The van der Waals surface area contributed by atoms with E-state index in [9.17, 15) is 0 Å². The van der Waals surface area contributed by atoms with Gasteiger partial charge in [0.1, 0.15) is 0 Å². The summed E-state index contributed by atoms with van der Waals surface area (Å²) in [5.74, 6) is 0. The summed E-state index contributed by atoms with van der Waals surface area (Å²) in [7, 11) is 0. The van der Waals surface area contributed by atoms with Crippen molar-refractivity contribution >= 4 is 28.6 Å². The third kappa shape index (κ3) is 8.26. The van der Waals surface area contributed by atoms with Gasteiger partial charge in [0.05, 0.1) is 0 Å². The lowest BCUT2D eigenvalue weighted by Crippen LogP contribution is -2.11. The molecule has 0 spiro atoms. The van der Waals surface area contributed by atoms with Crippen LogP contribution in [0, 0.1) is 41.5 Å². The van der Waals surface area contributed by atoms with Crippen LogP contribution in [0.4, 0.5) is 11.4 Å². The average molecular weight is 636 g/mol. The van der Waals surface area contributed by atoms with Crippen LogP contribution in [0.15, 0.2) is 158 Å². The molecule has 0 N–H and O–H groups in total. The topological polar surface area (TPSA) is 3.24 Å². The first-order valence-electron chi connectivity index (χ1n) is 17.1. The van der Waals surface area contributed by atoms with Gasteiger partial charge < -0.3 is 4.90 Å². The summed E-state index contributed by atoms with van der Waals surface area (Å²) < 4.78 is 0. The molecule has 0 aliphatic rings. The quantitative estimate of drug-likeness (QED) is 0.143. The van der Waals surface area contributed by atoms with Gasteiger partial charge in [-0.15, -0.1) is 0 Å². The van der Waals surface area contributed by atoms with E-state index in [2.05, 4.69) is 210 Å². The van der Waals surface area contributed by atoms with E-state index in [4.69, 9.17) is 0 Å². The molecule has 1 nitrogen and oxygen atoms in total. The van der Waals surface area contributed by atoms with Gasteiger partial charge in [-0.05, 0) is 110 Å². The molecule has 0 radical (unpaired) electrons. The Kier molecular flexibility index (Phi) is 10.2. The number of benzene rings is 6. The molecule has 0 saturated carbocycles. The third-order valence-electron chi connectivity index (χ3n) is 9.06. The lowest BCUT2D eigenvalue weighted by atomic mass is 9.95. The van der Waals surface area contributed by atoms with E-state index >= 15 is 0 Å². The van der Waals surface area contributed by atoms with E-state index in [0.717, 1.165) is 11.4 Å². The smallest absolute Gasteiger partial charge is 0.0458 e. The van der Waals surface area contributed by atoms with Crippen LogP contribution in [0.5, 0.6) is 0 Å². The number of hydrogen-bond donors (Lipinski definition) is 0. The largest absolute Gasteiger partial charge is 0.317 e. The molecule has 0 fully saturated rings. The van der Waals surface area contributed by atoms with Crippen LogP contribution in [0.1, 0.15) is 61.2 Å². The highest BCUT2D eigenvalue weighted by atomic mass is 15.1. The summed E-state index contributed by atoms with van der Waals surface area (Å²) in [4.78, 5) is 2.33. The van der Waals surface area contributed by atoms with Crippen LogP contribution in [-0.2, 0) is 0 Å². The van der Waals surface area contributed by atoms with E-state index in [0.29, 0.717) is 0 Å². The number of hydrogen-bond acceptors (Lipinski definition) is 1. The molecule has 0 aromatic heterocycles. The monoisotopic (exact) mass is 635 g/mol. The Balaban J connectivity index is 1.40. The summed E-state index contributed by atoms with van der Waals surface area (Å²) in [6.07, 6.45) is 8.94. The highest BCUT2D eigenvalue weighted by Gasteiger charge is 2.14. The van der Waals surface area contributed by atoms with Gasteiger partial charge in [0.15, 0.2) is 0 Å². The summed E-state index contributed by atoms with van der Waals surface area (Å²) >= 11 is 0. The van der Waals surface area contributed by atoms with Crippen LogP contribution >= 0.6 is 0 Å². The molecule has 0 atom stereocenters. The van der Waals surface area contributed by atoms with Crippen molar-refractivity contribution < 1.29 is 0 Å². The van der Waals surface area contributed by atoms with Gasteiger partial charge >= 0.3 is 0 Å². The maximum Gasteiger partial charge on any atom is 0.0458 e. The van der Waals surface area contributed by atoms with Crippen molar-refractivity contribution in [3.8, 4) is 0 Å². The van der Waals surface area contributed by atoms with Crippen LogP contribution < -0.4 is 4.90 Å². The molecule has 0 aliphatic carbocycles. The number of allylic oxidation sites excluding steroid dienone is 2. The molecule has 0 bridgehead atoms. The Morgan fingerprint density at radius 3 is 1.33 bits per heavy atom. The SMILES string of the molecule is Cc1ccc(C(=C/C=C/c2ccc(N(C=C(c3ccc(C)cc3)c3ccc(C)cc3)c3cccc(C)c3)cc2C)c2ccc(C)cc2)cc1. The van der Waals surface area contributed by atoms with Crippen molar-refractivity contribution in [2.45, 2.75) is 41.5 Å². The highest BCUT2D eigenvalue weighted by Crippen LogP contribution is 2.34. The summed E-state index contributed by atoms with van der Waals surface area (Å²) in [6.45, 7) is 12.9. The van der Waals surface area contributed by atoms with Crippen molar-refractivity contribution in [2.24, 2.45) is 0 Å². The fraction of sp³-hybridized carbons (Fsp3) is 0.125. The maximum absolute atomic E-state index is 2.33. The number of nitrogens with zero attached hydrogens (tertiary/aromatic N) is 1. The van der Waals surface area contributed by atoms with Gasteiger partial charge in [0, 0.05) is 23.1 Å². The van der Waals surface area contributed by atoms with E-state index in [1.54, 1.807) is 0 Å². The molecule has 242 valence electrons. The molecule has 0 aliphatic heterocycles. The molecule has 6 rings (SSSR count). The Morgan fingerprint density at radius 2 is 0.878 bits per heavy atom. The first kappa shape index (κ1) is 33.2. The molecule has 0 amide bonds. The minimum absolute atomic E-state index is 1.12. The van der Waals surface area contributed by atoms with Crippen LogP contribution in [0.3, 0.4) is 0 Å². The van der Waals surface area contributed by atoms with Gasteiger partial charge in [-0.25, -0.2) is 0 Å². The Labute approximate surface area is 293 Å². The minimum Gasteiger partial charge on any atom is -0.317 e. The zero-order valence-corrected chi connectivity index (χ0v) is 29.5. The highest BCUT2D eigenvalue weighted by molar-refractivity contribution is 5.85. The lowest BCUT2D eigenvalue weighted by molar-refractivity contribution is 1.25. The van der Waals surface area contributed by atoms with E-state index in [-0.39, 0.29) is 0 Å². The molecule has 49 heavy (non-hydrogen) atoms. The number of rotatable bonds is 9. The molecular formula is C48H45N. The average Bonchev–Trinajstić information content (AvgIpc) is 3.10. The Morgan fingerprint density at radius 1 is 0.429 bits per heavy atom. The second-order valence-corrected chi connectivity index (χ2v) is 13.2. The number of aryl methyl sites for hydroxylation is 6. The lowest BCUT2D eigenvalue weighted by Gasteiger charge is -2.24. The van der Waals surface area contributed by atoms with Gasteiger partial charge in [0.2, 0.25) is 0 Å². The van der Waals surface area contributed by atoms with Crippen molar-refractivity contribution in [1.29, 1.82) is 0 Å². The van der Waals surface area contributed by atoms with Gasteiger partial charge in [-0.1, -0.05) is 156 Å². The van der Waals surface area contributed by atoms with Crippen molar-refractivity contribution in [3.63, 3.8) is 0 Å². The first-order chi connectivity index (χ1) is 23.7. The standard InChI is InChI=1S/C48H45N/c1-34-13-21-41(22-14-34)47(42-23-15-35(2)16-24-42)12-8-10-40-29-30-46(32-39(40)6)49(45-11-7-9-38(5)31-45)33-48(43-25-17-36(3)18-26-43)44-27-19-37(4)20-28-44/h7-33H,1-6H3/b10-8+. The molecule has 0 heterocycles. The van der Waals surface area contributed by atoms with Crippen LogP contribution in [0.25, 0.3) is 17.2 Å². The second kappa shape index (κ2) is 15.0. The third-order valence-corrected chi connectivity index (χ3v) is 9.06. The fourth-order valence-electron chi connectivity index (χ4n) is 6.06. The molecule has 0 saturated heterocycles. The summed E-state index contributed by atoms with van der Waals surface area (Å²) in [5, 5.41) is 0. The van der Waals surface area contributed by atoms with E-state index < -0.39 is 0 Å². The molecular weight excluding hydrogens is 591 g/mol. The van der Waals surface area contributed by atoms with E-state index in [1.165, 1.54) is 72.3 Å². The van der Waals surface area contributed by atoms with Crippen LogP contribution in [0.2, 0.25) is 0 Å². The molecule has 0 unspecified atom stereocenters. The van der Waals surface area contributed by atoms with Gasteiger partial charge in [0.25, 0.3) is 0 Å². The minimum atomic E-state index is 1.12. The number of anilines is 2.